The molecule has 2 rings (SSSR count). The number of hydrogen-bond donors (Lipinski definition) is 1. The number of carbonyl (C=O) groups is 2. The van der Waals surface area contributed by atoms with Crippen molar-refractivity contribution in [2.24, 2.45) is 5.16 Å². The SMILES string of the molecule is COC(=O)C(C)(C)NC(=O)C1=NO[C@H](c2ccccc2)C1. The van der Waals surface area contributed by atoms with Crippen molar-refractivity contribution in [3.05, 3.63) is 35.9 Å². The van der Waals surface area contributed by atoms with Gasteiger partial charge in [-0.05, 0) is 19.4 Å². The van der Waals surface area contributed by atoms with E-state index >= 15 is 0 Å². The molecule has 0 fully saturated rings. The third-order valence-electron chi connectivity index (χ3n) is 3.22. The summed E-state index contributed by atoms with van der Waals surface area (Å²) in [6.45, 7) is 3.14. The van der Waals surface area contributed by atoms with Crippen LogP contribution < -0.4 is 5.32 Å². The van der Waals surface area contributed by atoms with E-state index < -0.39 is 17.4 Å². The van der Waals surface area contributed by atoms with Crippen LogP contribution in [0.25, 0.3) is 0 Å². The molecule has 0 radical (unpaired) electrons. The maximum Gasteiger partial charge on any atom is 0.330 e. The van der Waals surface area contributed by atoms with E-state index in [9.17, 15) is 9.59 Å². The number of methoxy groups -OCH3 is 1. The van der Waals surface area contributed by atoms with Crippen LogP contribution in [0.3, 0.4) is 0 Å². The molecule has 0 aliphatic carbocycles. The fraction of sp³-hybridized carbons (Fsp3) is 0.400. The zero-order valence-electron chi connectivity index (χ0n) is 12.3. The molecule has 1 N–H and O–H groups in total. The number of esters is 1. The molecule has 1 atom stereocenters. The molecule has 6 heteroatoms. The van der Waals surface area contributed by atoms with E-state index in [4.69, 9.17) is 4.84 Å². The Morgan fingerprint density at radius 2 is 2.00 bits per heavy atom. The van der Waals surface area contributed by atoms with Gasteiger partial charge < -0.3 is 14.9 Å². The number of hydrogen-bond acceptors (Lipinski definition) is 5. The summed E-state index contributed by atoms with van der Waals surface area (Å²) < 4.78 is 4.64. The minimum Gasteiger partial charge on any atom is -0.467 e. The quantitative estimate of drug-likeness (QED) is 0.854. The van der Waals surface area contributed by atoms with Gasteiger partial charge >= 0.3 is 5.97 Å². The molecular formula is C15H18N2O4. The van der Waals surface area contributed by atoms with Crippen molar-refractivity contribution in [2.75, 3.05) is 7.11 Å². The molecule has 1 heterocycles. The van der Waals surface area contributed by atoms with Crippen LogP contribution >= 0.6 is 0 Å². The highest BCUT2D eigenvalue weighted by atomic mass is 16.6. The van der Waals surface area contributed by atoms with E-state index in [-0.39, 0.29) is 11.8 Å². The smallest absolute Gasteiger partial charge is 0.330 e. The maximum absolute atomic E-state index is 12.1. The van der Waals surface area contributed by atoms with E-state index in [1.165, 1.54) is 7.11 Å². The highest BCUT2D eigenvalue weighted by molar-refractivity contribution is 6.39. The monoisotopic (exact) mass is 290 g/mol. The molecule has 0 spiro atoms. The summed E-state index contributed by atoms with van der Waals surface area (Å²) in [4.78, 5) is 29.0. The van der Waals surface area contributed by atoms with Gasteiger partial charge in [-0.1, -0.05) is 35.5 Å². The number of oxime groups is 1. The number of nitrogens with zero attached hydrogens (tertiary/aromatic N) is 1. The first kappa shape index (κ1) is 15.0. The Kier molecular flexibility index (Phi) is 4.26. The van der Waals surface area contributed by atoms with Crippen molar-refractivity contribution in [3.63, 3.8) is 0 Å². The molecule has 1 aromatic carbocycles. The third kappa shape index (κ3) is 3.39. The first-order chi connectivity index (χ1) is 9.94. The van der Waals surface area contributed by atoms with Crippen LogP contribution in [0.2, 0.25) is 0 Å². The van der Waals surface area contributed by atoms with E-state index in [0.717, 1.165) is 5.56 Å². The molecule has 0 bridgehead atoms. The lowest BCUT2D eigenvalue weighted by atomic mass is 10.0. The van der Waals surface area contributed by atoms with Crippen molar-refractivity contribution < 1.29 is 19.2 Å². The highest BCUT2D eigenvalue weighted by Crippen LogP contribution is 2.27. The Bertz CT molecular complexity index is 566. The van der Waals surface area contributed by atoms with Crippen LogP contribution in [0, 0.1) is 0 Å². The fourth-order valence-electron chi connectivity index (χ4n) is 2.02. The molecule has 0 unspecified atom stereocenters. The van der Waals surface area contributed by atoms with Crippen molar-refractivity contribution in [3.8, 4) is 0 Å². The van der Waals surface area contributed by atoms with Gasteiger partial charge in [0.25, 0.3) is 5.91 Å². The van der Waals surface area contributed by atoms with Gasteiger partial charge in [-0.2, -0.15) is 0 Å². The second-order valence-corrected chi connectivity index (χ2v) is 5.32. The summed E-state index contributed by atoms with van der Waals surface area (Å²) in [5.41, 5.74) is 0.108. The first-order valence-electron chi connectivity index (χ1n) is 6.62. The largest absolute Gasteiger partial charge is 0.467 e. The zero-order chi connectivity index (χ0) is 15.5. The van der Waals surface area contributed by atoms with Crippen molar-refractivity contribution in [1.29, 1.82) is 0 Å². The second kappa shape index (κ2) is 5.95. The maximum atomic E-state index is 12.1. The highest BCUT2D eigenvalue weighted by Gasteiger charge is 2.34. The Hall–Kier alpha value is -2.37. The molecule has 0 saturated heterocycles. The molecule has 1 aromatic rings. The summed E-state index contributed by atoms with van der Waals surface area (Å²) in [6.07, 6.45) is 0.0980. The van der Waals surface area contributed by atoms with Gasteiger partial charge in [0.1, 0.15) is 11.3 Å². The number of rotatable bonds is 4. The van der Waals surface area contributed by atoms with Gasteiger partial charge in [-0.3, -0.25) is 4.79 Å². The lowest BCUT2D eigenvalue weighted by Gasteiger charge is -2.22. The second-order valence-electron chi connectivity index (χ2n) is 5.32. The van der Waals surface area contributed by atoms with Crippen LogP contribution in [0.1, 0.15) is 31.9 Å². The van der Waals surface area contributed by atoms with Crippen LogP contribution in [-0.4, -0.2) is 30.2 Å². The Morgan fingerprint density at radius 3 is 2.62 bits per heavy atom. The van der Waals surface area contributed by atoms with E-state index in [2.05, 4.69) is 15.2 Å². The van der Waals surface area contributed by atoms with Crippen LogP contribution in [-0.2, 0) is 19.2 Å². The molecule has 21 heavy (non-hydrogen) atoms. The average Bonchev–Trinajstić information content (AvgIpc) is 2.96. The molecule has 1 aliphatic rings. The topological polar surface area (TPSA) is 77.0 Å². The number of ether oxygens (including phenoxy) is 1. The predicted molar refractivity (Wildman–Crippen MR) is 76.6 cm³/mol. The fourth-order valence-corrected chi connectivity index (χ4v) is 2.02. The van der Waals surface area contributed by atoms with Gasteiger partial charge in [-0.25, -0.2) is 4.79 Å². The third-order valence-corrected chi connectivity index (χ3v) is 3.22. The average molecular weight is 290 g/mol. The van der Waals surface area contributed by atoms with E-state index in [0.29, 0.717) is 6.42 Å². The van der Waals surface area contributed by atoms with Gasteiger partial charge in [0.05, 0.1) is 7.11 Å². The van der Waals surface area contributed by atoms with Crippen LogP contribution in [0.4, 0.5) is 0 Å². The molecule has 112 valence electrons. The number of carbonyl (C=O) groups excluding carboxylic acids is 2. The molecular weight excluding hydrogens is 272 g/mol. The molecule has 1 amide bonds. The van der Waals surface area contributed by atoms with Gasteiger partial charge in [0, 0.05) is 6.42 Å². The standard InChI is InChI=1S/C15H18N2O4/c1-15(2,14(19)20-3)16-13(18)11-9-12(21-17-11)10-7-5-4-6-8-10/h4-8,12H,9H2,1-3H3,(H,16,18)/t12-/m0/s1. The lowest BCUT2D eigenvalue weighted by molar-refractivity contribution is -0.148. The van der Waals surface area contributed by atoms with Crippen molar-refractivity contribution >= 4 is 17.6 Å². The molecule has 0 aromatic heterocycles. The molecule has 0 saturated carbocycles. The minimum absolute atomic E-state index is 0.265. The Labute approximate surface area is 123 Å². The molecule has 1 aliphatic heterocycles. The predicted octanol–water partition coefficient (Wildman–Crippen LogP) is 1.57. The minimum atomic E-state index is -1.11. The van der Waals surface area contributed by atoms with E-state index in [1.807, 2.05) is 30.3 Å². The Morgan fingerprint density at radius 1 is 1.33 bits per heavy atom. The van der Waals surface area contributed by atoms with Crippen LogP contribution in [0.15, 0.2) is 35.5 Å². The summed E-state index contributed by atoms with van der Waals surface area (Å²) in [7, 11) is 1.28. The molecule has 6 nitrogen and oxygen atoms in total. The number of amides is 1. The number of nitrogens with one attached hydrogen (secondary N) is 1. The van der Waals surface area contributed by atoms with Crippen LogP contribution in [0.5, 0.6) is 0 Å². The summed E-state index contributed by atoms with van der Waals surface area (Å²) >= 11 is 0. The summed E-state index contributed by atoms with van der Waals surface area (Å²) in [6, 6.07) is 9.54. The summed E-state index contributed by atoms with van der Waals surface area (Å²) in [5, 5.41) is 6.41. The zero-order valence-corrected chi connectivity index (χ0v) is 12.3. The normalized spacial score (nSPS) is 17.7. The number of benzene rings is 1. The van der Waals surface area contributed by atoms with Crippen molar-refractivity contribution in [1.82, 2.24) is 5.32 Å². The van der Waals surface area contributed by atoms with Gasteiger partial charge in [-0.15, -0.1) is 0 Å². The Balaban J connectivity index is 1.98. The summed E-state index contributed by atoms with van der Waals surface area (Å²) in [5.74, 6) is -0.946. The lowest BCUT2D eigenvalue weighted by Crippen LogP contribution is -2.52. The van der Waals surface area contributed by atoms with E-state index in [1.54, 1.807) is 13.8 Å². The first-order valence-corrected chi connectivity index (χ1v) is 6.62. The van der Waals surface area contributed by atoms with Gasteiger partial charge in [0.2, 0.25) is 0 Å². The van der Waals surface area contributed by atoms with Crippen molar-refractivity contribution in [2.45, 2.75) is 31.9 Å². The van der Waals surface area contributed by atoms with Gasteiger partial charge in [0.15, 0.2) is 6.10 Å².